The monoisotopic (exact) mass is 449 g/mol. The van der Waals surface area contributed by atoms with E-state index in [2.05, 4.69) is 27.6 Å². The van der Waals surface area contributed by atoms with Crippen LogP contribution in [-0.4, -0.2) is 85.9 Å². The van der Waals surface area contributed by atoms with E-state index in [1.54, 1.807) is 4.72 Å². The van der Waals surface area contributed by atoms with E-state index in [4.69, 9.17) is 16.2 Å². The van der Waals surface area contributed by atoms with Gasteiger partial charge in [-0.25, -0.2) is 28.1 Å². The van der Waals surface area contributed by atoms with Crippen molar-refractivity contribution in [3.63, 3.8) is 0 Å². The van der Waals surface area contributed by atoms with Gasteiger partial charge in [0.25, 0.3) is 15.9 Å². The number of sulfonamides is 1. The Morgan fingerprint density at radius 2 is 2.10 bits per heavy atom. The van der Waals surface area contributed by atoms with Crippen molar-refractivity contribution in [2.24, 2.45) is 5.73 Å². The predicted molar refractivity (Wildman–Crippen MR) is 101 cm³/mol. The molecule has 160 valence electrons. The van der Waals surface area contributed by atoms with Gasteiger partial charge in [-0.3, -0.25) is 9.36 Å². The van der Waals surface area contributed by atoms with Gasteiger partial charge in [-0.1, -0.05) is 0 Å². The summed E-state index contributed by atoms with van der Waals surface area (Å²) in [6.45, 7) is -0.830. The van der Waals surface area contributed by atoms with E-state index < -0.39 is 51.9 Å². The third-order valence-corrected chi connectivity index (χ3v) is 6.60. The van der Waals surface area contributed by atoms with Crippen LogP contribution in [0.3, 0.4) is 0 Å². The summed E-state index contributed by atoms with van der Waals surface area (Å²) < 4.78 is 34.3. The lowest BCUT2D eigenvalue weighted by atomic mass is 10.1. The molecule has 1 amide bonds. The van der Waals surface area contributed by atoms with Crippen LogP contribution in [0.1, 0.15) is 0 Å². The van der Waals surface area contributed by atoms with Crippen LogP contribution in [0.5, 0.6) is 0 Å². The number of nitrogens with one attached hydrogen (secondary N) is 1. The number of anilines is 1. The van der Waals surface area contributed by atoms with Crippen molar-refractivity contribution in [2.45, 2.75) is 29.4 Å². The van der Waals surface area contributed by atoms with E-state index in [9.17, 15) is 28.5 Å². The fourth-order valence-corrected chi connectivity index (χ4v) is 4.75. The molecular weight excluding hydrogens is 430 g/mol. The average molecular weight is 449 g/mol. The topological polar surface area (TPSA) is 229 Å². The van der Waals surface area contributed by atoms with E-state index in [0.717, 1.165) is 17.2 Å². The minimum atomic E-state index is -4.96. The minimum absolute atomic E-state index is 0.0156. The molecule has 2 aromatic heterocycles. The van der Waals surface area contributed by atoms with Crippen molar-refractivity contribution < 1.29 is 33.3 Å². The summed E-state index contributed by atoms with van der Waals surface area (Å²) in [6.07, 6.45) is -3.54. The van der Waals surface area contributed by atoms with Gasteiger partial charge >= 0.3 is 5.06 Å². The third-order valence-electron chi connectivity index (χ3n) is 4.43. The molecule has 0 bridgehead atoms. The lowest BCUT2D eigenvalue weighted by Crippen LogP contribution is -2.58. The zero-order valence-electron chi connectivity index (χ0n) is 14.7. The summed E-state index contributed by atoms with van der Waals surface area (Å²) >= 11 is 3.84. The number of rotatable bonds is 6. The molecule has 1 aliphatic rings. The number of nitrogens with zero attached hydrogens (tertiary/aromatic N) is 4. The molecule has 8 N–H and O–H groups in total. The van der Waals surface area contributed by atoms with E-state index >= 15 is 0 Å². The quantitative estimate of drug-likeness (QED) is 0.208. The highest BCUT2D eigenvalue weighted by molar-refractivity contribution is 7.90. The van der Waals surface area contributed by atoms with Crippen molar-refractivity contribution in [3.05, 3.63) is 12.7 Å². The Bertz CT molecular complexity index is 1030. The summed E-state index contributed by atoms with van der Waals surface area (Å²) in [5.41, 5.74) is 11.0. The number of aliphatic hydroxyl groups is 3. The molecule has 1 aliphatic heterocycles. The highest BCUT2D eigenvalue weighted by atomic mass is 32.2. The summed E-state index contributed by atoms with van der Waals surface area (Å²) in [5, 5.41) is 27.5. The first kappa shape index (κ1) is 21.6. The van der Waals surface area contributed by atoms with Crippen LogP contribution < -0.4 is 16.2 Å². The van der Waals surface area contributed by atoms with Crippen LogP contribution in [0.2, 0.25) is 0 Å². The molecule has 16 heteroatoms. The number of hydrogen-bond acceptors (Lipinski definition) is 13. The molecule has 0 unspecified atom stereocenters. The number of amides is 1. The number of imidazole rings is 1. The van der Waals surface area contributed by atoms with Gasteiger partial charge < -0.3 is 31.5 Å². The van der Waals surface area contributed by atoms with Crippen LogP contribution in [0.15, 0.2) is 12.7 Å². The first-order chi connectivity index (χ1) is 13.6. The summed E-state index contributed by atoms with van der Waals surface area (Å²) in [5.74, 6) is -1.39. The molecule has 29 heavy (non-hydrogen) atoms. The van der Waals surface area contributed by atoms with Gasteiger partial charge in [-0.15, -0.1) is 0 Å². The molecule has 0 spiro atoms. The number of aliphatic hydroxyl groups excluding tert-OH is 3. The number of fused-ring (bicyclic) bond motifs is 1. The maximum atomic E-state index is 13.2. The first-order valence-corrected chi connectivity index (χ1v) is 10.2. The number of carbonyl (C=O) groups is 1. The van der Waals surface area contributed by atoms with Crippen LogP contribution in [-0.2, 0) is 24.6 Å². The van der Waals surface area contributed by atoms with Gasteiger partial charge in [0.15, 0.2) is 11.5 Å². The summed E-state index contributed by atoms with van der Waals surface area (Å²) in [6, 6.07) is -1.29. The van der Waals surface area contributed by atoms with Crippen molar-refractivity contribution in [1.82, 2.24) is 24.2 Å². The van der Waals surface area contributed by atoms with Gasteiger partial charge in [0.2, 0.25) is 0 Å². The standard InChI is InChI=1S/C13H19N7O7S2/c14-5(2-28)12(24)19-29(25,26)13(9(23)8(22)6(1-21)27-13)20-4-18-7-10(15)16-3-17-11(7)20/h3-6,8-9,21-23,28H,1-2,14H2,(H,19,24)(H2,15,16,17)/t5-,6+,8+,9+,13-/m0/s1. The second-order valence-electron chi connectivity index (χ2n) is 6.21. The zero-order valence-corrected chi connectivity index (χ0v) is 16.4. The Labute approximate surface area is 169 Å². The molecule has 3 rings (SSSR count). The van der Waals surface area contributed by atoms with E-state index in [1.165, 1.54) is 0 Å². The van der Waals surface area contributed by atoms with Crippen molar-refractivity contribution in [2.75, 3.05) is 18.1 Å². The smallest absolute Gasteiger partial charge is 0.300 e. The molecule has 1 saturated heterocycles. The van der Waals surface area contributed by atoms with Crippen LogP contribution in [0.4, 0.5) is 5.82 Å². The first-order valence-electron chi connectivity index (χ1n) is 8.12. The van der Waals surface area contributed by atoms with Crippen LogP contribution >= 0.6 is 12.6 Å². The predicted octanol–water partition coefficient (Wildman–Crippen LogP) is -4.17. The molecule has 0 aromatic carbocycles. The van der Waals surface area contributed by atoms with E-state index in [-0.39, 0.29) is 22.7 Å². The summed E-state index contributed by atoms with van der Waals surface area (Å²) in [4.78, 5) is 23.7. The van der Waals surface area contributed by atoms with Gasteiger partial charge in [0, 0.05) is 5.75 Å². The van der Waals surface area contributed by atoms with Gasteiger partial charge in [-0.2, -0.15) is 12.6 Å². The molecule has 14 nitrogen and oxygen atoms in total. The Morgan fingerprint density at radius 3 is 2.69 bits per heavy atom. The second kappa shape index (κ2) is 7.63. The number of carbonyl (C=O) groups excluding carboxylic acids is 1. The SMILES string of the molecule is Nc1ncnc2c1ncn2[C@]1(S(=O)(=O)NC(=O)[C@@H](N)CS)O[C@H](CO)[C@@H](O)[C@H]1O. The van der Waals surface area contributed by atoms with Crippen molar-refractivity contribution >= 4 is 45.5 Å². The van der Waals surface area contributed by atoms with Crippen LogP contribution in [0, 0.1) is 0 Å². The highest BCUT2D eigenvalue weighted by Crippen LogP contribution is 2.41. The molecule has 1 fully saturated rings. The van der Waals surface area contributed by atoms with Crippen molar-refractivity contribution in [1.29, 1.82) is 0 Å². The fourth-order valence-electron chi connectivity index (χ4n) is 2.92. The van der Waals surface area contributed by atoms with Gasteiger partial charge in [0.05, 0.1) is 12.6 Å². The zero-order chi connectivity index (χ0) is 21.6. The number of aromatic nitrogens is 4. The lowest BCUT2D eigenvalue weighted by molar-refractivity contribution is -0.120. The number of thiol groups is 1. The lowest BCUT2D eigenvalue weighted by Gasteiger charge is -2.32. The maximum Gasteiger partial charge on any atom is 0.300 e. The fraction of sp³-hybridized carbons (Fsp3) is 0.538. The minimum Gasteiger partial charge on any atom is -0.394 e. The second-order valence-corrected chi connectivity index (χ2v) is 8.37. The molecule has 0 radical (unpaired) electrons. The molecule has 0 saturated carbocycles. The highest BCUT2D eigenvalue weighted by Gasteiger charge is 2.65. The van der Waals surface area contributed by atoms with Gasteiger partial charge in [0.1, 0.15) is 36.5 Å². The Hall–Kier alpha value is -2.08. The number of hydrogen-bond donors (Lipinski definition) is 7. The van der Waals surface area contributed by atoms with E-state index in [0.29, 0.717) is 0 Å². The molecule has 3 heterocycles. The largest absolute Gasteiger partial charge is 0.394 e. The Balaban J connectivity index is 2.24. The van der Waals surface area contributed by atoms with Crippen LogP contribution in [0.25, 0.3) is 11.2 Å². The number of ether oxygens (including phenoxy) is 1. The maximum absolute atomic E-state index is 13.2. The van der Waals surface area contributed by atoms with Crippen molar-refractivity contribution in [3.8, 4) is 0 Å². The number of nitrogen functional groups attached to an aromatic ring is 1. The average Bonchev–Trinajstić information content (AvgIpc) is 3.22. The normalized spacial score (nSPS) is 28.5. The number of nitrogens with two attached hydrogens (primary N) is 2. The van der Waals surface area contributed by atoms with E-state index in [1.807, 2.05) is 0 Å². The molecular formula is C13H19N7O7S2. The molecule has 5 atom stereocenters. The Morgan fingerprint density at radius 1 is 1.41 bits per heavy atom. The molecule has 0 aliphatic carbocycles. The third kappa shape index (κ3) is 3.21. The molecule has 2 aromatic rings. The van der Waals surface area contributed by atoms with Gasteiger partial charge in [-0.05, 0) is 0 Å². The summed E-state index contributed by atoms with van der Waals surface area (Å²) in [7, 11) is -4.96. The Kier molecular flexibility index (Phi) is 5.69.